The smallest absolute Gasteiger partial charge is 1.00 e. The predicted molar refractivity (Wildman–Crippen MR) is 21.9 cm³/mol. The van der Waals surface area contributed by atoms with Gasteiger partial charge >= 0.3 is 52.8 Å². The molecule has 0 spiro atoms. The van der Waals surface area contributed by atoms with Gasteiger partial charge in [-0.15, -0.1) is 0 Å². The van der Waals surface area contributed by atoms with Crippen LogP contribution in [-0.4, -0.2) is 6.61 Å². The number of rotatable bonds is 4. The summed E-state index contributed by atoms with van der Waals surface area (Å²) in [6.45, 7) is 2.80. The van der Waals surface area contributed by atoms with E-state index in [0.29, 0.717) is 6.61 Å². The van der Waals surface area contributed by atoms with Crippen molar-refractivity contribution < 1.29 is 76.1 Å². The normalized spacial score (nSPS) is 6.09. The fourth-order valence-corrected chi connectivity index (χ4v) is 0.357. The van der Waals surface area contributed by atoms with Gasteiger partial charge in [-0.05, 0) is 0 Å². The van der Waals surface area contributed by atoms with E-state index in [2.05, 4.69) is 15.6 Å². The molecule has 7 heteroatoms. The summed E-state index contributed by atoms with van der Waals surface area (Å²) in [7, 11) is 0. The van der Waals surface area contributed by atoms with Crippen molar-refractivity contribution in [2.24, 2.45) is 0 Å². The van der Waals surface area contributed by atoms with Gasteiger partial charge in [0.2, 0.25) is 0 Å². The van der Waals surface area contributed by atoms with Crippen LogP contribution in [0.1, 0.15) is 19.8 Å². The number of hydrogen-bond donors (Lipinski definition) is 0. The molecule has 0 aromatic rings. The molecule has 0 rings (SSSR count). The maximum absolute atomic E-state index is 4.55. The third-order valence-corrected chi connectivity index (χ3v) is 0.799. The van der Waals surface area contributed by atoms with Gasteiger partial charge in [-0.25, -0.2) is 0 Å². The molecule has 0 saturated carbocycles. The molecule has 0 atom stereocenters. The Morgan fingerprint density at radius 1 is 1.09 bits per heavy atom. The van der Waals surface area contributed by atoms with Crippen LogP contribution in [0.3, 0.4) is 0 Å². The molecule has 0 aliphatic carbocycles. The van der Waals surface area contributed by atoms with E-state index in [1.807, 2.05) is 17.8 Å². The molecule has 0 fully saturated rings. The molecule has 11 heavy (non-hydrogen) atoms. The van der Waals surface area contributed by atoms with Gasteiger partial charge in [0, 0.05) is 0 Å². The Labute approximate surface area is 102 Å². The molecule has 0 heterocycles. The third kappa shape index (κ3) is 34.0. The number of unbranched alkanes of at least 4 members (excludes halogenated alkanes) is 1. The minimum atomic E-state index is 0. The maximum atomic E-state index is 4.55. The van der Waals surface area contributed by atoms with E-state index >= 15 is 0 Å². The zero-order valence-corrected chi connectivity index (χ0v) is 10.3. The molecular formula is C4H9Cl4O2V. The standard InChI is InChI=1S/C4H10O2.4ClH.V/c1-2-3-4-6-5;;;;;/h5H,2-4H2,1H3;4*1H;/q;;;;;+5/p-5. The Morgan fingerprint density at radius 3 is 1.82 bits per heavy atom. The van der Waals surface area contributed by atoms with E-state index in [1.165, 1.54) is 0 Å². The quantitative estimate of drug-likeness (QED) is 0.290. The monoisotopic (exact) mass is 280 g/mol. The fraction of sp³-hybridized carbons (Fsp3) is 1.00. The number of hydrogen-bond acceptors (Lipinski definition) is 2. The molecule has 0 radical (unpaired) electrons. The van der Waals surface area contributed by atoms with Crippen LogP contribution in [0, 0.1) is 0 Å². The van der Waals surface area contributed by atoms with Crippen LogP contribution in [-0.2, 0) is 26.5 Å². The largest absolute Gasteiger partial charge is 1.00 e. The van der Waals surface area contributed by atoms with Crippen molar-refractivity contribution in [3.8, 4) is 0 Å². The van der Waals surface area contributed by atoms with Crippen LogP contribution >= 0.6 is 0 Å². The van der Waals surface area contributed by atoms with E-state index < -0.39 is 0 Å². The summed E-state index contributed by atoms with van der Waals surface area (Å²) in [4.78, 5) is 4.55. The first-order chi connectivity index (χ1) is 3.41. The van der Waals surface area contributed by atoms with Gasteiger partial charge in [-0.1, -0.05) is 0 Å². The summed E-state index contributed by atoms with van der Waals surface area (Å²) in [6, 6.07) is 0. The summed E-state index contributed by atoms with van der Waals surface area (Å²) >= 11 is 1.90. The van der Waals surface area contributed by atoms with Gasteiger partial charge in [0.15, 0.2) is 0 Å². The van der Waals surface area contributed by atoms with Crippen LogP contribution in [0.5, 0.6) is 0 Å². The molecule has 0 N–H and O–H groups in total. The SMILES string of the molecule is CCCCO[O][V+4].[Cl-].[Cl-].[Cl-].[Cl-]. The fourth-order valence-electron chi connectivity index (χ4n) is 0.241. The third-order valence-electron chi connectivity index (χ3n) is 0.634. The Morgan fingerprint density at radius 2 is 1.55 bits per heavy atom. The molecule has 0 aromatic heterocycles. The van der Waals surface area contributed by atoms with Crippen LogP contribution in [0.15, 0.2) is 0 Å². The first kappa shape index (κ1) is 29.3. The summed E-state index contributed by atoms with van der Waals surface area (Å²) in [5.74, 6) is 0. The molecule has 2 nitrogen and oxygen atoms in total. The molecule has 0 unspecified atom stereocenters. The molecule has 0 amide bonds. The second-order valence-corrected chi connectivity index (χ2v) is 1.48. The Bertz CT molecular complexity index is 39.3. The van der Waals surface area contributed by atoms with E-state index in [0.717, 1.165) is 12.8 Å². The van der Waals surface area contributed by atoms with Crippen LogP contribution < -0.4 is 49.6 Å². The van der Waals surface area contributed by atoms with Crippen molar-refractivity contribution >= 4 is 0 Å². The Balaban J connectivity index is -0.0000000300. The van der Waals surface area contributed by atoms with E-state index in [1.54, 1.807) is 0 Å². The topological polar surface area (TPSA) is 18.5 Å². The minimum Gasteiger partial charge on any atom is -1.00 e. The Kier molecular flexibility index (Phi) is 79.6. The van der Waals surface area contributed by atoms with Gasteiger partial charge in [0.05, 0.1) is 0 Å². The summed E-state index contributed by atoms with van der Waals surface area (Å²) in [5.41, 5.74) is 0. The molecule has 70 valence electrons. The Hall–Kier alpha value is 1.66. The van der Waals surface area contributed by atoms with Gasteiger partial charge in [-0.2, -0.15) is 0 Å². The summed E-state index contributed by atoms with van der Waals surface area (Å²) in [6.07, 6.45) is 2.22. The van der Waals surface area contributed by atoms with Crippen LogP contribution in [0.4, 0.5) is 0 Å². The number of halogens is 4. The van der Waals surface area contributed by atoms with Crippen molar-refractivity contribution in [1.82, 2.24) is 0 Å². The predicted octanol–water partition coefficient (Wildman–Crippen LogP) is -10.8. The zero-order chi connectivity index (χ0) is 5.54. The van der Waals surface area contributed by atoms with Crippen molar-refractivity contribution in [2.75, 3.05) is 6.61 Å². The van der Waals surface area contributed by atoms with Gasteiger partial charge in [0.1, 0.15) is 0 Å². The van der Waals surface area contributed by atoms with Crippen molar-refractivity contribution in [3.05, 3.63) is 0 Å². The van der Waals surface area contributed by atoms with Crippen molar-refractivity contribution in [3.63, 3.8) is 0 Å². The first-order valence-electron chi connectivity index (χ1n) is 2.35. The van der Waals surface area contributed by atoms with E-state index in [4.69, 9.17) is 0 Å². The molecule has 0 bridgehead atoms. The summed E-state index contributed by atoms with van der Waals surface area (Å²) < 4.78 is 4.28. The van der Waals surface area contributed by atoms with Crippen molar-refractivity contribution in [2.45, 2.75) is 19.8 Å². The molecule has 0 aliphatic rings. The maximum Gasteiger partial charge on any atom is -1.00 e. The van der Waals surface area contributed by atoms with Gasteiger partial charge in [-0.3, -0.25) is 0 Å². The average Bonchev–Trinajstić information content (AvgIpc) is 1.69. The van der Waals surface area contributed by atoms with E-state index in [9.17, 15) is 0 Å². The minimum absolute atomic E-state index is 0. The second kappa shape index (κ2) is 29.9. The summed E-state index contributed by atoms with van der Waals surface area (Å²) in [5, 5.41) is 0. The molecular weight excluding hydrogens is 273 g/mol. The average molecular weight is 282 g/mol. The second-order valence-electron chi connectivity index (χ2n) is 1.25. The van der Waals surface area contributed by atoms with Crippen molar-refractivity contribution in [1.29, 1.82) is 0 Å². The molecule has 0 saturated heterocycles. The van der Waals surface area contributed by atoms with Gasteiger partial charge in [0.25, 0.3) is 0 Å². The van der Waals surface area contributed by atoms with E-state index in [-0.39, 0.29) is 49.6 Å². The zero-order valence-electron chi connectivity index (χ0n) is 5.90. The molecule has 0 aliphatic heterocycles. The van der Waals surface area contributed by atoms with Gasteiger partial charge < -0.3 is 49.6 Å². The molecule has 0 aromatic carbocycles. The first-order valence-corrected chi connectivity index (χ1v) is 2.92. The van der Waals surface area contributed by atoms with Crippen LogP contribution in [0.25, 0.3) is 0 Å². The van der Waals surface area contributed by atoms with Crippen LogP contribution in [0.2, 0.25) is 0 Å².